The van der Waals surface area contributed by atoms with Crippen molar-refractivity contribution in [1.29, 1.82) is 0 Å². The number of methoxy groups -OCH3 is 1. The number of nitrogens with zero attached hydrogens (tertiary/aromatic N) is 3. The highest BCUT2D eigenvalue weighted by atomic mass is 32.1. The van der Waals surface area contributed by atoms with Crippen LogP contribution in [0.3, 0.4) is 0 Å². The number of hydrogen-bond acceptors (Lipinski definition) is 4. The Morgan fingerprint density at radius 2 is 1.83 bits per heavy atom. The molecule has 2 unspecified atom stereocenters. The van der Waals surface area contributed by atoms with Gasteiger partial charge in [-0.05, 0) is 86.2 Å². The Morgan fingerprint density at radius 3 is 2.49 bits per heavy atom. The zero-order valence-electron chi connectivity index (χ0n) is 22.8. The normalized spacial score (nSPS) is 17.0. The number of rotatable bonds is 6. The number of aromatic nitrogens is 2. The van der Waals surface area contributed by atoms with Crippen molar-refractivity contribution < 1.29 is 22.7 Å². The van der Waals surface area contributed by atoms with Crippen molar-refractivity contribution in [2.24, 2.45) is 0 Å². The summed E-state index contributed by atoms with van der Waals surface area (Å²) in [4.78, 5) is 18.4. The summed E-state index contributed by atoms with van der Waals surface area (Å²) >= 11 is 5.84. The van der Waals surface area contributed by atoms with E-state index in [2.05, 4.69) is 15.6 Å². The standard InChI is InChI=1S/C30H28F3N5O2S/c1-17-14-23(18(2)37(17)21-9-7-8-20(15-21)30(31,32)33)28-27(24-10-5-6-13-34-24)36-29(41)38(28)22-11-12-26(40-4)25(16-22)35-19(3)39/h5-16,27-28H,1-4H3,(H,35,39)(H,36,41). The van der Waals surface area contributed by atoms with Crippen LogP contribution in [0.1, 0.15) is 47.2 Å². The Bertz CT molecular complexity index is 1620. The fourth-order valence-corrected chi connectivity index (χ4v) is 5.73. The molecule has 5 rings (SSSR count). The molecule has 0 radical (unpaired) electrons. The second-order valence-corrected chi connectivity index (χ2v) is 10.2. The number of alkyl halides is 3. The first-order valence-corrected chi connectivity index (χ1v) is 13.2. The Balaban J connectivity index is 1.68. The minimum absolute atomic E-state index is 0.255. The molecule has 4 aromatic rings. The Hall–Kier alpha value is -4.38. The minimum Gasteiger partial charge on any atom is -0.495 e. The molecule has 2 aromatic carbocycles. The van der Waals surface area contributed by atoms with Crippen molar-refractivity contribution in [2.45, 2.75) is 39.0 Å². The van der Waals surface area contributed by atoms with Gasteiger partial charge in [-0.2, -0.15) is 13.2 Å². The molecule has 0 saturated carbocycles. The maximum Gasteiger partial charge on any atom is 0.416 e. The van der Waals surface area contributed by atoms with Crippen LogP contribution in [0.25, 0.3) is 5.69 Å². The van der Waals surface area contributed by atoms with Crippen molar-refractivity contribution in [2.75, 3.05) is 17.3 Å². The number of thiocarbonyl (C=S) groups is 1. The van der Waals surface area contributed by atoms with Crippen molar-refractivity contribution >= 4 is 34.6 Å². The van der Waals surface area contributed by atoms with E-state index in [1.54, 1.807) is 24.4 Å². The third-order valence-corrected chi connectivity index (χ3v) is 7.41. The van der Waals surface area contributed by atoms with Crippen molar-refractivity contribution in [3.8, 4) is 11.4 Å². The molecule has 1 fully saturated rings. The molecule has 1 amide bonds. The number of amides is 1. The van der Waals surface area contributed by atoms with Crippen molar-refractivity contribution in [1.82, 2.24) is 14.9 Å². The maximum absolute atomic E-state index is 13.5. The van der Waals surface area contributed by atoms with Gasteiger partial charge in [0.25, 0.3) is 0 Å². The van der Waals surface area contributed by atoms with E-state index in [0.29, 0.717) is 27.9 Å². The molecule has 1 aliphatic rings. The number of pyridine rings is 1. The number of nitrogens with one attached hydrogen (secondary N) is 2. The van der Waals surface area contributed by atoms with E-state index in [0.717, 1.165) is 34.8 Å². The Kier molecular flexibility index (Phi) is 7.48. The summed E-state index contributed by atoms with van der Waals surface area (Å²) in [6, 6.07) is 17.5. The highest BCUT2D eigenvalue weighted by molar-refractivity contribution is 7.80. The molecular formula is C30H28F3N5O2S. The smallest absolute Gasteiger partial charge is 0.416 e. The topological polar surface area (TPSA) is 71.4 Å². The number of hydrogen-bond donors (Lipinski definition) is 2. The predicted molar refractivity (Wildman–Crippen MR) is 155 cm³/mol. The van der Waals surface area contributed by atoms with Crippen LogP contribution in [0.4, 0.5) is 24.5 Å². The molecule has 1 aliphatic heterocycles. The molecule has 2 aromatic heterocycles. The molecule has 2 atom stereocenters. The van der Waals surface area contributed by atoms with Gasteiger partial charge in [-0.3, -0.25) is 9.78 Å². The van der Waals surface area contributed by atoms with E-state index in [-0.39, 0.29) is 11.9 Å². The van der Waals surface area contributed by atoms with Gasteiger partial charge in [0.2, 0.25) is 5.91 Å². The number of carbonyl (C=O) groups excluding carboxylic acids is 1. The molecule has 11 heteroatoms. The number of benzene rings is 2. The first kappa shape index (κ1) is 28.2. The van der Waals surface area contributed by atoms with Gasteiger partial charge in [0, 0.05) is 35.9 Å². The monoisotopic (exact) mass is 579 g/mol. The van der Waals surface area contributed by atoms with Gasteiger partial charge in [-0.1, -0.05) is 12.1 Å². The van der Waals surface area contributed by atoms with Gasteiger partial charge < -0.3 is 24.8 Å². The van der Waals surface area contributed by atoms with E-state index >= 15 is 0 Å². The second-order valence-electron chi connectivity index (χ2n) is 9.77. The van der Waals surface area contributed by atoms with Gasteiger partial charge >= 0.3 is 6.18 Å². The number of carbonyl (C=O) groups is 1. The minimum atomic E-state index is -4.46. The average Bonchev–Trinajstić information content (AvgIpc) is 3.43. The summed E-state index contributed by atoms with van der Waals surface area (Å²) < 4.78 is 47.9. The molecule has 0 aliphatic carbocycles. The van der Waals surface area contributed by atoms with Crippen LogP contribution in [0.5, 0.6) is 5.75 Å². The van der Waals surface area contributed by atoms with E-state index < -0.39 is 17.8 Å². The highest BCUT2D eigenvalue weighted by Crippen LogP contribution is 2.45. The first-order chi connectivity index (χ1) is 19.5. The van der Waals surface area contributed by atoms with Crippen LogP contribution in [-0.4, -0.2) is 27.7 Å². The number of ether oxygens (including phenoxy) is 1. The third-order valence-electron chi connectivity index (χ3n) is 7.09. The van der Waals surface area contributed by atoms with Crippen LogP contribution in [0.2, 0.25) is 0 Å². The lowest BCUT2D eigenvalue weighted by atomic mass is 9.96. The van der Waals surface area contributed by atoms with Gasteiger partial charge in [-0.25, -0.2) is 0 Å². The zero-order chi connectivity index (χ0) is 29.5. The summed E-state index contributed by atoms with van der Waals surface area (Å²) in [5.41, 5.74) is 4.01. The molecule has 0 spiro atoms. The van der Waals surface area contributed by atoms with Crippen molar-refractivity contribution in [3.05, 3.63) is 101 Å². The summed E-state index contributed by atoms with van der Waals surface area (Å²) in [6.07, 6.45) is -2.76. The van der Waals surface area contributed by atoms with E-state index in [9.17, 15) is 18.0 Å². The molecule has 1 saturated heterocycles. The molecule has 2 N–H and O–H groups in total. The first-order valence-electron chi connectivity index (χ1n) is 12.8. The fraction of sp³-hybridized carbons (Fsp3) is 0.233. The summed E-state index contributed by atoms with van der Waals surface area (Å²) in [5, 5.41) is 6.64. The van der Waals surface area contributed by atoms with Crippen LogP contribution in [0.15, 0.2) is 72.9 Å². The summed E-state index contributed by atoms with van der Waals surface area (Å²) in [5.74, 6) is 0.234. The van der Waals surface area contributed by atoms with E-state index in [1.165, 1.54) is 20.1 Å². The van der Waals surface area contributed by atoms with Crippen LogP contribution < -0.4 is 20.3 Å². The largest absolute Gasteiger partial charge is 0.495 e. The Labute approximate surface area is 241 Å². The SMILES string of the molecule is COc1ccc(N2C(=S)NC(c3ccccn3)C2c2cc(C)n(-c3cccc(C(F)(F)F)c3)c2C)cc1NC(C)=O. The average molecular weight is 580 g/mol. The lowest BCUT2D eigenvalue weighted by Crippen LogP contribution is -2.29. The molecule has 41 heavy (non-hydrogen) atoms. The van der Waals surface area contributed by atoms with Crippen LogP contribution in [0, 0.1) is 13.8 Å². The number of anilines is 2. The lowest BCUT2D eigenvalue weighted by molar-refractivity contribution is -0.137. The van der Waals surface area contributed by atoms with E-state index in [1.807, 2.05) is 53.6 Å². The number of aryl methyl sites for hydroxylation is 1. The quantitative estimate of drug-likeness (QED) is 0.249. The van der Waals surface area contributed by atoms with Crippen LogP contribution >= 0.6 is 12.2 Å². The maximum atomic E-state index is 13.5. The third kappa shape index (κ3) is 5.37. The highest BCUT2D eigenvalue weighted by Gasteiger charge is 2.42. The lowest BCUT2D eigenvalue weighted by Gasteiger charge is -2.29. The number of halogens is 3. The fourth-order valence-electron chi connectivity index (χ4n) is 5.39. The molecular weight excluding hydrogens is 551 g/mol. The molecule has 212 valence electrons. The molecule has 7 nitrogen and oxygen atoms in total. The summed E-state index contributed by atoms with van der Waals surface area (Å²) in [7, 11) is 1.52. The van der Waals surface area contributed by atoms with Gasteiger partial charge in [0.1, 0.15) is 5.75 Å². The van der Waals surface area contributed by atoms with Gasteiger partial charge in [0.15, 0.2) is 5.11 Å². The Morgan fingerprint density at radius 1 is 1.05 bits per heavy atom. The van der Waals surface area contributed by atoms with Gasteiger partial charge in [0.05, 0.1) is 36.1 Å². The van der Waals surface area contributed by atoms with Crippen LogP contribution in [-0.2, 0) is 11.0 Å². The van der Waals surface area contributed by atoms with E-state index in [4.69, 9.17) is 17.0 Å². The summed E-state index contributed by atoms with van der Waals surface area (Å²) in [6.45, 7) is 5.16. The molecule has 3 heterocycles. The van der Waals surface area contributed by atoms with Gasteiger partial charge in [-0.15, -0.1) is 0 Å². The molecule has 0 bridgehead atoms. The van der Waals surface area contributed by atoms with Crippen molar-refractivity contribution in [3.63, 3.8) is 0 Å². The second kappa shape index (κ2) is 10.9. The zero-order valence-corrected chi connectivity index (χ0v) is 23.6. The predicted octanol–water partition coefficient (Wildman–Crippen LogP) is 6.65.